The van der Waals surface area contributed by atoms with E-state index in [1.807, 2.05) is 12.1 Å². The quantitative estimate of drug-likeness (QED) is 0.325. The number of imidazole rings is 1. The maximum Gasteiger partial charge on any atom is 0.328 e. The third-order valence-electron chi connectivity index (χ3n) is 5.48. The lowest BCUT2D eigenvalue weighted by Crippen LogP contribution is -2.19. The first-order chi connectivity index (χ1) is 17.2. The molecule has 1 aromatic heterocycles. The summed E-state index contributed by atoms with van der Waals surface area (Å²) in [6, 6.07) is 21.3. The molecule has 3 aromatic carbocycles. The maximum atomic E-state index is 11.5. The van der Waals surface area contributed by atoms with Gasteiger partial charge in [0.15, 0.2) is 0 Å². The Morgan fingerprint density at radius 1 is 0.750 bits per heavy atom. The predicted molar refractivity (Wildman–Crippen MR) is 136 cm³/mol. The second-order valence-corrected chi connectivity index (χ2v) is 7.88. The van der Waals surface area contributed by atoms with Gasteiger partial charge in [0.05, 0.1) is 63.7 Å². The average molecular weight is 479 g/mol. The van der Waals surface area contributed by atoms with Crippen LogP contribution in [0.1, 0.15) is 22.3 Å². The second-order valence-electron chi connectivity index (χ2n) is 7.88. The minimum Gasteiger partial charge on any atom is -0.397 e. The Balaban J connectivity index is 0.000000153. The monoisotopic (exact) mass is 478 g/mol. The lowest BCUT2D eigenvalue weighted by Gasteiger charge is -1.97. The van der Waals surface area contributed by atoms with Gasteiger partial charge in [-0.15, -0.1) is 0 Å². The molecule has 0 unspecified atom stereocenters. The minimum atomic E-state index is -0.0740. The van der Waals surface area contributed by atoms with Crippen molar-refractivity contribution in [2.75, 3.05) is 16.8 Å². The van der Waals surface area contributed by atoms with E-state index >= 15 is 0 Å². The molecular weight excluding hydrogens is 456 g/mol. The number of rotatable bonds is 0. The van der Waals surface area contributed by atoms with Crippen LogP contribution in [0.15, 0.2) is 59.4 Å². The van der Waals surface area contributed by atoms with Crippen molar-refractivity contribution in [3.8, 4) is 18.2 Å². The van der Waals surface area contributed by atoms with Crippen LogP contribution in [0.3, 0.4) is 0 Å². The highest BCUT2D eigenvalue weighted by Gasteiger charge is 2.17. The summed E-state index contributed by atoms with van der Waals surface area (Å²) in [6.07, 6.45) is 0.394. The van der Waals surface area contributed by atoms with Crippen LogP contribution < -0.4 is 22.5 Å². The van der Waals surface area contributed by atoms with Crippen molar-refractivity contribution < 1.29 is 4.79 Å². The molecule has 0 aliphatic carbocycles. The number of nitrogens with two attached hydrogens (primary N) is 2. The SMILES string of the molecule is Cn1c(=O)n(C)c2cc(C#N)ccc21.N#Cc1ccc(N)c(N)c1.N#Cc1ccc2c(c1)CC(=O)N2. The van der Waals surface area contributed by atoms with Crippen molar-refractivity contribution in [2.45, 2.75) is 6.42 Å². The molecule has 0 saturated carbocycles. The molecule has 36 heavy (non-hydrogen) atoms. The van der Waals surface area contributed by atoms with Gasteiger partial charge < -0.3 is 16.8 Å². The summed E-state index contributed by atoms with van der Waals surface area (Å²) in [5, 5.41) is 28.4. The van der Waals surface area contributed by atoms with E-state index in [1.54, 1.807) is 73.3 Å². The van der Waals surface area contributed by atoms with E-state index in [2.05, 4.69) is 11.4 Å². The smallest absolute Gasteiger partial charge is 0.328 e. The second kappa shape index (κ2) is 10.6. The zero-order valence-corrected chi connectivity index (χ0v) is 19.6. The normalized spacial score (nSPS) is 10.9. The summed E-state index contributed by atoms with van der Waals surface area (Å²) in [5.74, 6) is 0.0000831. The number of amides is 1. The van der Waals surface area contributed by atoms with Crippen LogP contribution in [0.2, 0.25) is 0 Å². The molecule has 5 N–H and O–H groups in total. The van der Waals surface area contributed by atoms with Crippen LogP contribution in [0.25, 0.3) is 11.0 Å². The Bertz CT molecular complexity index is 1660. The van der Waals surface area contributed by atoms with E-state index in [4.69, 9.17) is 27.3 Å². The summed E-state index contributed by atoms with van der Waals surface area (Å²) >= 11 is 0. The van der Waals surface area contributed by atoms with Crippen molar-refractivity contribution in [2.24, 2.45) is 14.1 Å². The molecule has 1 amide bonds. The molecule has 1 aliphatic heterocycles. The molecule has 2 heterocycles. The minimum absolute atomic E-state index is 0.0000831. The zero-order valence-electron chi connectivity index (χ0n) is 19.6. The number of nitriles is 3. The predicted octanol–water partition coefficient (Wildman–Crippen LogP) is 2.52. The van der Waals surface area contributed by atoms with Crippen LogP contribution in [0.4, 0.5) is 17.1 Å². The van der Waals surface area contributed by atoms with Crippen LogP contribution >= 0.6 is 0 Å². The van der Waals surface area contributed by atoms with Crippen LogP contribution in [-0.2, 0) is 25.3 Å². The fraction of sp³-hybridized carbons (Fsp3) is 0.115. The van der Waals surface area contributed by atoms with Gasteiger partial charge >= 0.3 is 5.69 Å². The van der Waals surface area contributed by atoms with Gasteiger partial charge in [-0.25, -0.2) is 4.79 Å². The molecule has 1 aliphatic rings. The number of aromatic nitrogens is 2. The van der Waals surface area contributed by atoms with E-state index in [9.17, 15) is 9.59 Å². The standard InChI is InChI=1S/C10H9N3O.C9H6N2O.C7H7N3/c1-12-8-4-3-7(6-11)5-9(8)13(2)10(12)14;10-5-6-1-2-8-7(3-6)4-9(12)11-8;8-4-5-1-2-6(9)7(10)3-5/h3-5H,1-2H3;1-3H,4H2,(H,11,12);1-3H,9-10H2. The number of hydrogen-bond acceptors (Lipinski definition) is 7. The number of carbonyl (C=O) groups excluding carboxylic acids is 1. The third kappa shape index (κ3) is 5.33. The molecule has 10 nitrogen and oxygen atoms in total. The molecule has 0 bridgehead atoms. The lowest BCUT2D eigenvalue weighted by molar-refractivity contribution is -0.115. The molecule has 178 valence electrons. The van der Waals surface area contributed by atoms with Crippen LogP contribution in [0, 0.1) is 34.0 Å². The van der Waals surface area contributed by atoms with Gasteiger partial charge in [-0.1, -0.05) is 0 Å². The fourth-order valence-electron chi connectivity index (χ4n) is 3.52. The van der Waals surface area contributed by atoms with E-state index in [-0.39, 0.29) is 11.6 Å². The average Bonchev–Trinajstić information content (AvgIpc) is 3.37. The topological polar surface area (TPSA) is 179 Å². The molecule has 0 radical (unpaired) electrons. The number of nitrogen functional groups attached to an aromatic ring is 2. The third-order valence-corrected chi connectivity index (χ3v) is 5.48. The molecule has 0 atom stereocenters. The fourth-order valence-corrected chi connectivity index (χ4v) is 3.52. The van der Waals surface area contributed by atoms with Crippen molar-refractivity contribution in [3.63, 3.8) is 0 Å². The van der Waals surface area contributed by atoms with E-state index in [0.717, 1.165) is 22.3 Å². The summed E-state index contributed by atoms with van der Waals surface area (Å²) in [7, 11) is 3.42. The first-order valence-corrected chi connectivity index (χ1v) is 10.6. The number of benzene rings is 3. The van der Waals surface area contributed by atoms with Crippen LogP contribution in [0.5, 0.6) is 0 Å². The molecule has 0 saturated heterocycles. The van der Waals surface area contributed by atoms with Crippen molar-refractivity contribution in [1.29, 1.82) is 15.8 Å². The largest absolute Gasteiger partial charge is 0.397 e. The number of hydrogen-bond donors (Lipinski definition) is 3. The summed E-state index contributed by atoms with van der Waals surface area (Å²) < 4.78 is 3.10. The van der Waals surface area contributed by atoms with E-state index in [0.29, 0.717) is 34.5 Å². The number of anilines is 3. The Morgan fingerprint density at radius 3 is 1.94 bits per heavy atom. The summed E-state index contributed by atoms with van der Waals surface area (Å²) in [5.41, 5.74) is 16.8. The van der Waals surface area contributed by atoms with Crippen molar-refractivity contribution in [3.05, 3.63) is 87.3 Å². The number of nitrogens with one attached hydrogen (secondary N) is 1. The maximum absolute atomic E-state index is 11.5. The summed E-state index contributed by atoms with van der Waals surface area (Å²) in [4.78, 5) is 22.4. The summed E-state index contributed by atoms with van der Waals surface area (Å²) in [6.45, 7) is 0. The van der Waals surface area contributed by atoms with Gasteiger partial charge in [0.25, 0.3) is 0 Å². The van der Waals surface area contributed by atoms with Gasteiger partial charge in [-0.2, -0.15) is 15.8 Å². The number of carbonyl (C=O) groups is 1. The van der Waals surface area contributed by atoms with E-state index in [1.165, 1.54) is 4.57 Å². The zero-order chi connectivity index (χ0) is 26.4. The molecule has 10 heteroatoms. The van der Waals surface area contributed by atoms with Gasteiger partial charge in [0.1, 0.15) is 0 Å². The lowest BCUT2D eigenvalue weighted by atomic mass is 10.1. The Morgan fingerprint density at radius 2 is 1.31 bits per heavy atom. The van der Waals surface area contributed by atoms with Gasteiger partial charge in [-0.3, -0.25) is 13.9 Å². The molecule has 5 rings (SSSR count). The first kappa shape index (κ1) is 25.1. The molecule has 4 aromatic rings. The number of aryl methyl sites for hydroxylation is 2. The van der Waals surface area contributed by atoms with Gasteiger partial charge in [0, 0.05) is 19.8 Å². The Labute approximate surface area is 206 Å². The Hall–Kier alpha value is -5.53. The van der Waals surface area contributed by atoms with Crippen molar-refractivity contribution in [1.82, 2.24) is 9.13 Å². The Kier molecular flexibility index (Phi) is 7.39. The molecule has 0 fully saturated rings. The number of nitrogens with zero attached hydrogens (tertiary/aromatic N) is 5. The highest BCUT2D eigenvalue weighted by molar-refractivity contribution is 5.99. The van der Waals surface area contributed by atoms with Gasteiger partial charge in [0.2, 0.25) is 5.91 Å². The van der Waals surface area contributed by atoms with Crippen molar-refractivity contribution >= 4 is 34.0 Å². The number of fused-ring (bicyclic) bond motifs is 2. The highest BCUT2D eigenvalue weighted by atomic mass is 16.2. The van der Waals surface area contributed by atoms with E-state index < -0.39 is 0 Å². The van der Waals surface area contributed by atoms with Gasteiger partial charge in [-0.05, 0) is 60.2 Å². The van der Waals surface area contributed by atoms with Crippen LogP contribution in [-0.4, -0.2) is 15.0 Å². The first-order valence-electron chi connectivity index (χ1n) is 10.6. The highest BCUT2D eigenvalue weighted by Crippen LogP contribution is 2.23. The molecular formula is C26H22N8O2. The molecule has 0 spiro atoms.